The fraction of sp³-hybridized carbons (Fsp3) is 0.0435. The summed E-state index contributed by atoms with van der Waals surface area (Å²) in [6.07, 6.45) is 0. The molecule has 4 aromatic rings. The first-order chi connectivity index (χ1) is 14.1. The molecule has 0 aliphatic heterocycles. The second kappa shape index (κ2) is 8.47. The number of aromatic nitrogens is 1. The number of carbonyl (C=O) groups excluding carboxylic acids is 1. The van der Waals surface area contributed by atoms with Crippen molar-refractivity contribution < 1.29 is 9.53 Å². The molecule has 1 N–H and O–H groups in total. The molecule has 6 heteroatoms. The average molecular weight is 421 g/mol. The van der Waals surface area contributed by atoms with Gasteiger partial charge in [-0.3, -0.25) is 4.79 Å². The summed E-state index contributed by atoms with van der Waals surface area (Å²) in [5.74, 6) is 0.333. The number of methoxy groups -OCH3 is 1. The van der Waals surface area contributed by atoms with E-state index in [1.165, 1.54) is 0 Å². The second-order valence-corrected chi connectivity index (χ2v) is 7.55. The summed E-state index contributed by atoms with van der Waals surface area (Å²) in [6.45, 7) is 0. The Hall–Kier alpha value is -3.15. The van der Waals surface area contributed by atoms with E-state index in [-0.39, 0.29) is 5.91 Å². The van der Waals surface area contributed by atoms with Gasteiger partial charge >= 0.3 is 0 Å². The molecule has 4 rings (SSSR count). The summed E-state index contributed by atoms with van der Waals surface area (Å²) >= 11 is 7.79. The number of carbonyl (C=O) groups is 1. The van der Waals surface area contributed by atoms with Gasteiger partial charge in [-0.25, -0.2) is 4.98 Å². The minimum absolute atomic E-state index is 0.273. The summed E-state index contributed by atoms with van der Waals surface area (Å²) < 4.78 is 5.11. The third-order valence-electron chi connectivity index (χ3n) is 4.38. The lowest BCUT2D eigenvalue weighted by molar-refractivity contribution is 0.102. The molecule has 0 bridgehead atoms. The number of ether oxygens (including phenoxy) is 1. The number of hydrogen-bond donors (Lipinski definition) is 1. The maximum absolute atomic E-state index is 12.5. The zero-order valence-electron chi connectivity index (χ0n) is 15.6. The molecule has 0 spiro atoms. The predicted octanol–water partition coefficient (Wildman–Crippen LogP) is 6.39. The predicted molar refractivity (Wildman–Crippen MR) is 119 cm³/mol. The number of nitrogens with zero attached hydrogens (tertiary/aromatic N) is 1. The molecule has 0 fully saturated rings. The van der Waals surface area contributed by atoms with Crippen LogP contribution in [0.25, 0.3) is 21.8 Å². The van der Waals surface area contributed by atoms with Crippen LogP contribution in [0.4, 0.5) is 5.69 Å². The summed E-state index contributed by atoms with van der Waals surface area (Å²) in [5, 5.41) is 6.22. The molecule has 3 aromatic carbocycles. The molecular formula is C23H17ClN2O2S. The minimum Gasteiger partial charge on any atom is -0.497 e. The van der Waals surface area contributed by atoms with Gasteiger partial charge in [-0.15, -0.1) is 11.3 Å². The molecular weight excluding hydrogens is 404 g/mol. The van der Waals surface area contributed by atoms with Crippen molar-refractivity contribution in [2.24, 2.45) is 0 Å². The zero-order valence-corrected chi connectivity index (χ0v) is 17.1. The number of nitrogens with one attached hydrogen (secondary N) is 1. The third kappa shape index (κ3) is 4.31. The molecule has 0 saturated heterocycles. The molecule has 4 nitrogen and oxygen atoms in total. The number of hydrogen-bond acceptors (Lipinski definition) is 4. The summed E-state index contributed by atoms with van der Waals surface area (Å²) in [7, 11) is 1.55. The molecule has 0 saturated carbocycles. The Labute approximate surface area is 177 Å². The minimum atomic E-state index is -0.273. The first-order valence-electron chi connectivity index (χ1n) is 8.90. The van der Waals surface area contributed by atoms with E-state index in [1.54, 1.807) is 36.6 Å². The SMILES string of the molecule is COc1ccc(C(=O)Nc2ccc(-c3csc(-c4ccccc4)n3)cc2)c(Cl)c1. The van der Waals surface area contributed by atoms with Crippen LogP contribution in [0.3, 0.4) is 0 Å². The van der Waals surface area contributed by atoms with E-state index in [1.807, 2.05) is 60.0 Å². The molecule has 1 heterocycles. The van der Waals surface area contributed by atoms with Crippen LogP contribution in [0.5, 0.6) is 5.75 Å². The van der Waals surface area contributed by atoms with Gasteiger partial charge in [-0.05, 0) is 30.3 Å². The van der Waals surface area contributed by atoms with Crippen LogP contribution in [-0.2, 0) is 0 Å². The van der Waals surface area contributed by atoms with E-state index in [0.717, 1.165) is 21.8 Å². The zero-order chi connectivity index (χ0) is 20.2. The second-order valence-electron chi connectivity index (χ2n) is 6.28. The number of amides is 1. The lowest BCUT2D eigenvalue weighted by Crippen LogP contribution is -2.12. The Balaban J connectivity index is 1.48. The maximum Gasteiger partial charge on any atom is 0.257 e. The number of rotatable bonds is 5. The summed E-state index contributed by atoms with van der Waals surface area (Å²) in [4.78, 5) is 17.2. The molecule has 29 heavy (non-hydrogen) atoms. The molecule has 0 atom stereocenters. The highest BCUT2D eigenvalue weighted by molar-refractivity contribution is 7.13. The van der Waals surface area contributed by atoms with Crippen molar-refractivity contribution in [3.63, 3.8) is 0 Å². The van der Waals surface area contributed by atoms with Gasteiger partial charge in [0.2, 0.25) is 0 Å². The Kier molecular flexibility index (Phi) is 5.60. The molecule has 144 valence electrons. The Bertz CT molecular complexity index is 1140. The number of anilines is 1. The van der Waals surface area contributed by atoms with Crippen LogP contribution in [-0.4, -0.2) is 18.0 Å². The number of thiazole rings is 1. The van der Waals surface area contributed by atoms with Crippen LogP contribution in [0, 0.1) is 0 Å². The topological polar surface area (TPSA) is 51.2 Å². The van der Waals surface area contributed by atoms with Gasteiger partial charge in [0.15, 0.2) is 0 Å². The maximum atomic E-state index is 12.5. The Morgan fingerprint density at radius 3 is 2.45 bits per heavy atom. The molecule has 1 aromatic heterocycles. The van der Waals surface area contributed by atoms with Gasteiger partial charge in [0.1, 0.15) is 10.8 Å². The fourth-order valence-electron chi connectivity index (χ4n) is 2.85. The van der Waals surface area contributed by atoms with Crippen LogP contribution in [0.1, 0.15) is 10.4 Å². The van der Waals surface area contributed by atoms with E-state index < -0.39 is 0 Å². The number of halogens is 1. The molecule has 0 aliphatic rings. The molecule has 0 unspecified atom stereocenters. The first-order valence-corrected chi connectivity index (χ1v) is 10.2. The van der Waals surface area contributed by atoms with Crippen molar-refractivity contribution in [2.45, 2.75) is 0 Å². The van der Waals surface area contributed by atoms with E-state index in [2.05, 4.69) is 5.32 Å². The molecule has 0 aliphatic carbocycles. The Morgan fingerprint density at radius 2 is 1.76 bits per heavy atom. The lowest BCUT2D eigenvalue weighted by atomic mass is 10.1. The van der Waals surface area contributed by atoms with E-state index in [0.29, 0.717) is 22.0 Å². The first kappa shape index (κ1) is 19.2. The Morgan fingerprint density at radius 1 is 1.00 bits per heavy atom. The van der Waals surface area contributed by atoms with Crippen molar-refractivity contribution in [2.75, 3.05) is 12.4 Å². The van der Waals surface area contributed by atoms with Crippen LogP contribution >= 0.6 is 22.9 Å². The fourth-order valence-corrected chi connectivity index (χ4v) is 3.94. The van der Waals surface area contributed by atoms with Gasteiger partial charge in [-0.1, -0.05) is 54.1 Å². The van der Waals surface area contributed by atoms with Gasteiger partial charge in [0.05, 0.1) is 23.4 Å². The smallest absolute Gasteiger partial charge is 0.257 e. The van der Waals surface area contributed by atoms with Gasteiger partial charge < -0.3 is 10.1 Å². The van der Waals surface area contributed by atoms with Crippen LogP contribution in [0.2, 0.25) is 5.02 Å². The third-order valence-corrected chi connectivity index (χ3v) is 5.59. The average Bonchev–Trinajstić information content (AvgIpc) is 3.25. The van der Waals surface area contributed by atoms with Gasteiger partial charge in [-0.2, -0.15) is 0 Å². The van der Waals surface area contributed by atoms with E-state index >= 15 is 0 Å². The van der Waals surface area contributed by atoms with Crippen LogP contribution in [0.15, 0.2) is 78.2 Å². The highest BCUT2D eigenvalue weighted by Crippen LogP contribution is 2.29. The van der Waals surface area contributed by atoms with E-state index in [4.69, 9.17) is 21.3 Å². The largest absolute Gasteiger partial charge is 0.497 e. The summed E-state index contributed by atoms with van der Waals surface area (Å²) in [6, 6.07) is 22.6. The van der Waals surface area contributed by atoms with Crippen molar-refractivity contribution >= 4 is 34.5 Å². The van der Waals surface area contributed by atoms with Crippen molar-refractivity contribution in [3.05, 3.63) is 88.8 Å². The summed E-state index contributed by atoms with van der Waals surface area (Å²) in [5.41, 5.74) is 4.07. The van der Waals surface area contributed by atoms with Crippen LogP contribution < -0.4 is 10.1 Å². The number of benzene rings is 3. The normalized spacial score (nSPS) is 10.6. The quantitative estimate of drug-likeness (QED) is 0.407. The van der Waals surface area contributed by atoms with Crippen molar-refractivity contribution in [3.8, 4) is 27.6 Å². The van der Waals surface area contributed by atoms with Gasteiger partial charge in [0, 0.05) is 22.2 Å². The van der Waals surface area contributed by atoms with E-state index in [9.17, 15) is 4.79 Å². The van der Waals surface area contributed by atoms with Crippen molar-refractivity contribution in [1.29, 1.82) is 0 Å². The molecule has 1 amide bonds. The highest BCUT2D eigenvalue weighted by Gasteiger charge is 2.12. The van der Waals surface area contributed by atoms with Crippen molar-refractivity contribution in [1.82, 2.24) is 4.98 Å². The standard InChI is InChI=1S/C23H17ClN2O2S/c1-28-18-11-12-19(20(24)13-18)22(27)25-17-9-7-15(8-10-17)21-14-29-23(26-21)16-5-3-2-4-6-16/h2-14H,1H3,(H,25,27). The lowest BCUT2D eigenvalue weighted by Gasteiger charge is -2.08. The monoisotopic (exact) mass is 420 g/mol. The highest BCUT2D eigenvalue weighted by atomic mass is 35.5. The molecule has 0 radical (unpaired) electrons. The van der Waals surface area contributed by atoms with Gasteiger partial charge in [0.25, 0.3) is 5.91 Å².